The number of aromatic nitrogens is 3. The van der Waals surface area contributed by atoms with Gasteiger partial charge in [-0.3, -0.25) is 9.59 Å². The summed E-state index contributed by atoms with van der Waals surface area (Å²) < 4.78 is 15.7. The Kier molecular flexibility index (Phi) is 6.07. The Morgan fingerprint density at radius 1 is 1.07 bits per heavy atom. The number of carbonyl (C=O) groups is 2. The van der Waals surface area contributed by atoms with Gasteiger partial charge >= 0.3 is 0 Å². The Hall–Kier alpha value is -3.07. The molecular formula is C20H19BrFN5O2. The first kappa shape index (κ1) is 20.7. The zero-order valence-corrected chi connectivity index (χ0v) is 17.7. The van der Waals surface area contributed by atoms with E-state index in [2.05, 4.69) is 36.9 Å². The van der Waals surface area contributed by atoms with Crippen LogP contribution in [0.25, 0.3) is 0 Å². The predicted octanol–water partition coefficient (Wildman–Crippen LogP) is 4.00. The molecule has 2 N–H and O–H groups in total. The molecule has 9 heteroatoms. The SMILES string of the molecule is Cc1ccc(C)c(NC(=O)c2nnn(CC(=O)Nc3ccc(Br)cc3F)c2C)c1. The lowest BCUT2D eigenvalue weighted by Crippen LogP contribution is -2.21. The van der Waals surface area contributed by atoms with Gasteiger partial charge in [-0.05, 0) is 56.2 Å². The van der Waals surface area contributed by atoms with Gasteiger partial charge in [0.25, 0.3) is 5.91 Å². The fourth-order valence-corrected chi connectivity index (χ4v) is 3.02. The molecule has 1 aromatic heterocycles. The highest BCUT2D eigenvalue weighted by Gasteiger charge is 2.19. The van der Waals surface area contributed by atoms with Gasteiger partial charge in [0.05, 0.1) is 11.4 Å². The fraction of sp³-hybridized carbons (Fsp3) is 0.200. The van der Waals surface area contributed by atoms with Crippen LogP contribution in [0.3, 0.4) is 0 Å². The number of nitrogens with one attached hydrogen (secondary N) is 2. The van der Waals surface area contributed by atoms with E-state index in [0.717, 1.165) is 11.1 Å². The molecule has 0 aliphatic carbocycles. The summed E-state index contributed by atoms with van der Waals surface area (Å²) in [4.78, 5) is 24.8. The summed E-state index contributed by atoms with van der Waals surface area (Å²) in [7, 11) is 0. The third-order valence-electron chi connectivity index (χ3n) is 4.34. The van der Waals surface area contributed by atoms with Crippen LogP contribution < -0.4 is 10.6 Å². The lowest BCUT2D eigenvalue weighted by molar-refractivity contribution is -0.117. The first-order valence-electron chi connectivity index (χ1n) is 8.78. The molecule has 0 saturated carbocycles. The average molecular weight is 460 g/mol. The molecule has 0 fully saturated rings. The Balaban J connectivity index is 1.70. The average Bonchev–Trinajstić information content (AvgIpc) is 3.01. The molecule has 29 heavy (non-hydrogen) atoms. The summed E-state index contributed by atoms with van der Waals surface area (Å²) in [6, 6.07) is 10.1. The second-order valence-electron chi connectivity index (χ2n) is 6.63. The summed E-state index contributed by atoms with van der Waals surface area (Å²) >= 11 is 3.16. The van der Waals surface area contributed by atoms with E-state index in [0.29, 0.717) is 15.9 Å². The Morgan fingerprint density at radius 2 is 1.83 bits per heavy atom. The topological polar surface area (TPSA) is 88.9 Å². The molecule has 2 aromatic carbocycles. The van der Waals surface area contributed by atoms with Crippen LogP contribution in [0.4, 0.5) is 15.8 Å². The normalized spacial score (nSPS) is 10.7. The van der Waals surface area contributed by atoms with E-state index in [-0.39, 0.29) is 17.9 Å². The number of hydrogen-bond donors (Lipinski definition) is 2. The van der Waals surface area contributed by atoms with Gasteiger partial charge in [-0.25, -0.2) is 9.07 Å². The summed E-state index contributed by atoms with van der Waals surface area (Å²) in [6.07, 6.45) is 0. The largest absolute Gasteiger partial charge is 0.322 e. The van der Waals surface area contributed by atoms with Crippen molar-refractivity contribution >= 4 is 39.1 Å². The van der Waals surface area contributed by atoms with Crippen molar-refractivity contribution < 1.29 is 14.0 Å². The van der Waals surface area contributed by atoms with Crippen molar-refractivity contribution in [3.05, 3.63) is 69.2 Å². The van der Waals surface area contributed by atoms with E-state index < -0.39 is 17.6 Å². The first-order valence-corrected chi connectivity index (χ1v) is 9.57. The predicted molar refractivity (Wildman–Crippen MR) is 111 cm³/mol. The second-order valence-corrected chi connectivity index (χ2v) is 7.54. The van der Waals surface area contributed by atoms with Gasteiger partial charge in [-0.1, -0.05) is 33.3 Å². The number of benzene rings is 2. The van der Waals surface area contributed by atoms with Gasteiger partial charge in [0.1, 0.15) is 12.4 Å². The molecule has 0 bridgehead atoms. The Labute approximate surface area is 175 Å². The van der Waals surface area contributed by atoms with Gasteiger partial charge in [-0.2, -0.15) is 0 Å². The number of halogens is 2. The molecule has 0 aliphatic rings. The molecule has 0 aliphatic heterocycles. The van der Waals surface area contributed by atoms with Gasteiger partial charge in [0, 0.05) is 10.2 Å². The third-order valence-corrected chi connectivity index (χ3v) is 4.83. The molecule has 2 amide bonds. The minimum atomic E-state index is -0.559. The molecule has 3 rings (SSSR count). The van der Waals surface area contributed by atoms with Crippen LogP contribution in [0.2, 0.25) is 0 Å². The third kappa shape index (κ3) is 4.86. The fourth-order valence-electron chi connectivity index (χ4n) is 2.69. The number of nitrogens with zero attached hydrogens (tertiary/aromatic N) is 3. The summed E-state index contributed by atoms with van der Waals surface area (Å²) in [5.41, 5.74) is 3.23. The minimum Gasteiger partial charge on any atom is -0.322 e. The number of rotatable bonds is 5. The highest BCUT2D eigenvalue weighted by molar-refractivity contribution is 9.10. The van der Waals surface area contributed by atoms with Crippen molar-refractivity contribution in [1.29, 1.82) is 0 Å². The molecule has 0 unspecified atom stereocenters. The minimum absolute atomic E-state index is 0.0591. The highest BCUT2D eigenvalue weighted by Crippen LogP contribution is 2.20. The van der Waals surface area contributed by atoms with E-state index in [1.165, 1.54) is 16.8 Å². The smallest absolute Gasteiger partial charge is 0.278 e. The molecule has 0 radical (unpaired) electrons. The van der Waals surface area contributed by atoms with Gasteiger partial charge in [-0.15, -0.1) is 5.10 Å². The number of carbonyl (C=O) groups excluding carboxylic acids is 2. The van der Waals surface area contributed by atoms with Gasteiger partial charge in [0.15, 0.2) is 5.69 Å². The van der Waals surface area contributed by atoms with E-state index in [1.54, 1.807) is 13.0 Å². The zero-order valence-electron chi connectivity index (χ0n) is 16.1. The van der Waals surface area contributed by atoms with Gasteiger partial charge in [0.2, 0.25) is 5.91 Å². The molecule has 0 saturated heterocycles. The van der Waals surface area contributed by atoms with Crippen molar-refractivity contribution in [2.75, 3.05) is 10.6 Å². The van der Waals surface area contributed by atoms with E-state index in [1.807, 2.05) is 32.0 Å². The number of amides is 2. The second kappa shape index (κ2) is 8.52. The van der Waals surface area contributed by atoms with Crippen molar-refractivity contribution in [3.8, 4) is 0 Å². The van der Waals surface area contributed by atoms with Crippen LogP contribution in [0.5, 0.6) is 0 Å². The maximum atomic E-state index is 13.9. The van der Waals surface area contributed by atoms with E-state index >= 15 is 0 Å². The Morgan fingerprint density at radius 3 is 2.55 bits per heavy atom. The van der Waals surface area contributed by atoms with Crippen molar-refractivity contribution in [1.82, 2.24) is 15.0 Å². The maximum absolute atomic E-state index is 13.9. The molecule has 0 spiro atoms. The molecule has 1 heterocycles. The first-order chi connectivity index (χ1) is 13.7. The molecule has 3 aromatic rings. The number of hydrogen-bond acceptors (Lipinski definition) is 4. The monoisotopic (exact) mass is 459 g/mol. The molecule has 150 valence electrons. The van der Waals surface area contributed by atoms with Crippen LogP contribution in [-0.4, -0.2) is 26.8 Å². The van der Waals surface area contributed by atoms with Crippen molar-refractivity contribution in [2.24, 2.45) is 0 Å². The van der Waals surface area contributed by atoms with Gasteiger partial charge < -0.3 is 10.6 Å². The van der Waals surface area contributed by atoms with Crippen LogP contribution in [0.1, 0.15) is 27.3 Å². The van der Waals surface area contributed by atoms with Crippen LogP contribution in [0.15, 0.2) is 40.9 Å². The van der Waals surface area contributed by atoms with Crippen LogP contribution in [0, 0.1) is 26.6 Å². The van der Waals surface area contributed by atoms with Crippen LogP contribution >= 0.6 is 15.9 Å². The zero-order chi connectivity index (χ0) is 21.1. The van der Waals surface area contributed by atoms with Crippen molar-refractivity contribution in [3.63, 3.8) is 0 Å². The van der Waals surface area contributed by atoms with E-state index in [4.69, 9.17) is 0 Å². The number of anilines is 2. The lowest BCUT2D eigenvalue weighted by atomic mass is 10.1. The summed E-state index contributed by atoms with van der Waals surface area (Å²) in [5, 5.41) is 13.1. The summed E-state index contributed by atoms with van der Waals surface area (Å²) in [5.74, 6) is -1.46. The van der Waals surface area contributed by atoms with E-state index in [9.17, 15) is 14.0 Å². The Bertz CT molecular complexity index is 1100. The standard InChI is InChI=1S/C20H19BrFN5O2/c1-11-4-5-12(2)17(8-11)24-20(29)19-13(3)27(26-25-19)10-18(28)23-16-7-6-14(21)9-15(16)22/h4-9H,10H2,1-3H3,(H,23,28)(H,24,29). The quantitative estimate of drug-likeness (QED) is 0.603. The number of aryl methyl sites for hydroxylation is 2. The molecular weight excluding hydrogens is 441 g/mol. The summed E-state index contributed by atoms with van der Waals surface area (Å²) in [6.45, 7) is 5.27. The maximum Gasteiger partial charge on any atom is 0.278 e. The van der Waals surface area contributed by atoms with Crippen LogP contribution in [-0.2, 0) is 11.3 Å². The highest BCUT2D eigenvalue weighted by atomic mass is 79.9. The lowest BCUT2D eigenvalue weighted by Gasteiger charge is -2.09. The molecule has 7 nitrogen and oxygen atoms in total. The molecule has 0 atom stereocenters. The van der Waals surface area contributed by atoms with Crippen molar-refractivity contribution in [2.45, 2.75) is 27.3 Å².